The molecule has 3 rings (SSSR count). The maximum absolute atomic E-state index is 14.1. The smallest absolute Gasteiger partial charge is 0.131 e. The van der Waals surface area contributed by atoms with Crippen LogP contribution in [0, 0.1) is 12.7 Å². The topological polar surface area (TPSA) is 38.9 Å². The summed E-state index contributed by atoms with van der Waals surface area (Å²) in [5.74, 6) is -0.237. The normalized spacial score (nSPS) is 10.8. The predicted octanol–water partition coefficient (Wildman–Crippen LogP) is 4.38. The Morgan fingerprint density at radius 1 is 1.14 bits per heavy atom. The van der Waals surface area contributed by atoms with Crippen LogP contribution in [0.15, 0.2) is 48.5 Å². The molecular formula is C17H15FN2S. The summed E-state index contributed by atoms with van der Waals surface area (Å²) in [5, 5.41) is 0.810. The van der Waals surface area contributed by atoms with E-state index in [1.54, 1.807) is 12.1 Å². The first-order valence-electron chi connectivity index (χ1n) is 6.70. The van der Waals surface area contributed by atoms with Crippen LogP contribution in [-0.4, -0.2) is 4.98 Å². The molecule has 0 radical (unpaired) electrons. The fourth-order valence-electron chi connectivity index (χ4n) is 2.27. The first kappa shape index (κ1) is 13.9. The number of aromatic nitrogens is 1. The molecule has 0 bridgehead atoms. The number of aryl methyl sites for hydroxylation is 1. The number of rotatable bonds is 3. The molecule has 2 nitrogen and oxygen atoms in total. The highest BCUT2D eigenvalue weighted by Crippen LogP contribution is 2.38. The van der Waals surface area contributed by atoms with Gasteiger partial charge in [-0.15, -0.1) is 11.3 Å². The van der Waals surface area contributed by atoms with Crippen molar-refractivity contribution < 1.29 is 4.39 Å². The van der Waals surface area contributed by atoms with Gasteiger partial charge in [0.2, 0.25) is 0 Å². The zero-order valence-electron chi connectivity index (χ0n) is 11.6. The Labute approximate surface area is 127 Å². The minimum atomic E-state index is -0.237. The van der Waals surface area contributed by atoms with E-state index in [0.717, 1.165) is 26.7 Å². The van der Waals surface area contributed by atoms with Crippen molar-refractivity contribution in [2.75, 3.05) is 0 Å². The molecule has 0 saturated carbocycles. The van der Waals surface area contributed by atoms with Gasteiger partial charge in [-0.05, 0) is 19.1 Å². The van der Waals surface area contributed by atoms with Gasteiger partial charge in [-0.3, -0.25) is 0 Å². The molecule has 2 aromatic carbocycles. The Bertz CT molecular complexity index is 780. The van der Waals surface area contributed by atoms with Crippen molar-refractivity contribution in [2.24, 2.45) is 5.73 Å². The molecule has 0 amide bonds. The Kier molecular flexibility index (Phi) is 3.82. The van der Waals surface area contributed by atoms with E-state index >= 15 is 0 Å². The van der Waals surface area contributed by atoms with Crippen LogP contribution in [0.4, 0.5) is 4.39 Å². The van der Waals surface area contributed by atoms with Crippen molar-refractivity contribution in [1.29, 1.82) is 0 Å². The summed E-state index contributed by atoms with van der Waals surface area (Å²) in [6.45, 7) is 2.39. The molecule has 0 aliphatic rings. The monoisotopic (exact) mass is 298 g/mol. The molecule has 0 atom stereocenters. The van der Waals surface area contributed by atoms with E-state index in [2.05, 4.69) is 11.1 Å². The lowest BCUT2D eigenvalue weighted by atomic mass is 10.0. The quantitative estimate of drug-likeness (QED) is 0.779. The number of hydrogen-bond donors (Lipinski definition) is 1. The van der Waals surface area contributed by atoms with Gasteiger partial charge in [0.05, 0.1) is 10.6 Å². The van der Waals surface area contributed by atoms with Crippen molar-refractivity contribution in [3.63, 3.8) is 0 Å². The first-order valence-corrected chi connectivity index (χ1v) is 7.52. The Morgan fingerprint density at radius 2 is 1.95 bits per heavy atom. The third-order valence-electron chi connectivity index (χ3n) is 3.26. The van der Waals surface area contributed by atoms with Crippen LogP contribution in [0.1, 0.15) is 10.6 Å². The summed E-state index contributed by atoms with van der Waals surface area (Å²) in [6, 6.07) is 14.8. The van der Waals surface area contributed by atoms with Crippen LogP contribution in [0.25, 0.3) is 21.7 Å². The number of halogens is 1. The maximum Gasteiger partial charge on any atom is 0.131 e. The summed E-state index contributed by atoms with van der Waals surface area (Å²) in [6.07, 6.45) is 0. The number of nitrogens with two attached hydrogens (primary N) is 1. The maximum atomic E-state index is 14.1. The molecule has 1 aromatic heterocycles. The van der Waals surface area contributed by atoms with Crippen molar-refractivity contribution >= 4 is 11.3 Å². The molecule has 1 heterocycles. The average Bonchev–Trinajstić information content (AvgIpc) is 2.92. The van der Waals surface area contributed by atoms with Crippen molar-refractivity contribution in [2.45, 2.75) is 13.5 Å². The molecule has 0 aliphatic carbocycles. The number of benzene rings is 2. The highest BCUT2D eigenvalue weighted by atomic mass is 32.1. The number of thiazole rings is 1. The molecule has 0 aliphatic heterocycles. The largest absolute Gasteiger partial charge is 0.325 e. The summed E-state index contributed by atoms with van der Waals surface area (Å²) in [4.78, 5) is 5.42. The molecule has 0 unspecified atom stereocenters. The average molecular weight is 298 g/mol. The molecule has 21 heavy (non-hydrogen) atoms. The second kappa shape index (κ2) is 5.76. The predicted molar refractivity (Wildman–Crippen MR) is 85.6 cm³/mol. The van der Waals surface area contributed by atoms with Gasteiger partial charge in [0.1, 0.15) is 10.8 Å². The zero-order valence-corrected chi connectivity index (χ0v) is 12.5. The van der Waals surface area contributed by atoms with E-state index in [-0.39, 0.29) is 5.82 Å². The molecule has 0 fully saturated rings. The molecule has 3 aromatic rings. The summed E-state index contributed by atoms with van der Waals surface area (Å²) < 4.78 is 14.1. The third-order valence-corrected chi connectivity index (χ3v) is 4.37. The second-order valence-corrected chi connectivity index (χ2v) is 5.92. The van der Waals surface area contributed by atoms with Gasteiger partial charge < -0.3 is 5.73 Å². The van der Waals surface area contributed by atoms with E-state index < -0.39 is 0 Å². The Balaban J connectivity index is 2.21. The van der Waals surface area contributed by atoms with Crippen molar-refractivity contribution in [3.05, 3.63) is 64.9 Å². The second-order valence-electron chi connectivity index (χ2n) is 4.84. The van der Waals surface area contributed by atoms with E-state index in [9.17, 15) is 4.39 Å². The summed E-state index contributed by atoms with van der Waals surface area (Å²) >= 11 is 1.45. The Morgan fingerprint density at radius 3 is 2.67 bits per heavy atom. The van der Waals surface area contributed by atoms with Crippen LogP contribution in [-0.2, 0) is 6.54 Å². The van der Waals surface area contributed by atoms with Crippen molar-refractivity contribution in [3.8, 4) is 21.7 Å². The lowest BCUT2D eigenvalue weighted by molar-refractivity contribution is 0.631. The van der Waals surface area contributed by atoms with Crippen LogP contribution >= 0.6 is 11.3 Å². The SMILES string of the molecule is Cc1cccc(-c2nc(CN)sc2-c2ccccc2F)c1. The van der Waals surface area contributed by atoms with Crippen LogP contribution < -0.4 is 5.73 Å². The summed E-state index contributed by atoms with van der Waals surface area (Å²) in [7, 11) is 0. The number of hydrogen-bond acceptors (Lipinski definition) is 3. The van der Waals surface area contributed by atoms with Gasteiger partial charge in [-0.2, -0.15) is 0 Å². The van der Waals surface area contributed by atoms with E-state index in [1.807, 2.05) is 31.2 Å². The third kappa shape index (κ3) is 2.73. The highest BCUT2D eigenvalue weighted by molar-refractivity contribution is 7.15. The Hall–Kier alpha value is -2.04. The minimum Gasteiger partial charge on any atom is -0.325 e. The lowest BCUT2D eigenvalue weighted by Crippen LogP contribution is -1.94. The highest BCUT2D eigenvalue weighted by Gasteiger charge is 2.16. The molecule has 0 spiro atoms. The van der Waals surface area contributed by atoms with Crippen LogP contribution in [0.2, 0.25) is 0 Å². The van der Waals surface area contributed by atoms with Crippen LogP contribution in [0.5, 0.6) is 0 Å². The van der Waals surface area contributed by atoms with Gasteiger partial charge in [0.25, 0.3) is 0 Å². The summed E-state index contributed by atoms with van der Waals surface area (Å²) in [5.41, 5.74) is 9.22. The van der Waals surface area contributed by atoms with Gasteiger partial charge >= 0.3 is 0 Å². The first-order chi connectivity index (χ1) is 10.2. The fraction of sp³-hybridized carbons (Fsp3) is 0.118. The van der Waals surface area contributed by atoms with Gasteiger partial charge in [-0.1, -0.05) is 42.0 Å². The van der Waals surface area contributed by atoms with E-state index in [0.29, 0.717) is 12.1 Å². The van der Waals surface area contributed by atoms with Crippen LogP contribution in [0.3, 0.4) is 0 Å². The van der Waals surface area contributed by atoms with Gasteiger partial charge in [0.15, 0.2) is 0 Å². The minimum absolute atomic E-state index is 0.237. The van der Waals surface area contributed by atoms with Crippen molar-refractivity contribution in [1.82, 2.24) is 4.98 Å². The lowest BCUT2D eigenvalue weighted by Gasteiger charge is -2.05. The molecule has 2 N–H and O–H groups in total. The molecule has 0 saturated heterocycles. The van der Waals surface area contributed by atoms with E-state index in [1.165, 1.54) is 17.4 Å². The zero-order chi connectivity index (χ0) is 14.8. The fourth-order valence-corrected chi connectivity index (χ4v) is 3.26. The number of nitrogens with zero attached hydrogens (tertiary/aromatic N) is 1. The van der Waals surface area contributed by atoms with Gasteiger partial charge in [0, 0.05) is 17.7 Å². The molecule has 106 valence electrons. The molecular weight excluding hydrogens is 283 g/mol. The van der Waals surface area contributed by atoms with Gasteiger partial charge in [-0.25, -0.2) is 9.37 Å². The molecule has 4 heteroatoms. The standard InChI is InChI=1S/C17H15FN2S/c1-11-5-4-6-12(9-11)16-17(21-15(10-19)20-16)13-7-2-3-8-14(13)18/h2-9H,10,19H2,1H3. The van der Waals surface area contributed by atoms with E-state index in [4.69, 9.17) is 5.73 Å².